The fourth-order valence-electron chi connectivity index (χ4n) is 5.95. The van der Waals surface area contributed by atoms with Crippen molar-refractivity contribution in [2.45, 2.75) is 38.5 Å². The van der Waals surface area contributed by atoms with Gasteiger partial charge in [-0.1, -0.05) is 24.3 Å². The standard InChI is InChI=1S/C27H28FN5O/c1-18-31-23-4-2-3-5-24(23)33(18)25-12-20-16-32(15-19-6-8-22(28)9-7-19)17-21(20)13-26(25)34-27-14-29-10-11-30-27/h2-11,14,20-21,25-26H,12-13,15-17H2,1H3/t20-,21+,25-,26-/m0/s1. The van der Waals surface area contributed by atoms with Crippen molar-refractivity contribution >= 4 is 11.0 Å². The number of hydrogen-bond acceptors (Lipinski definition) is 5. The van der Waals surface area contributed by atoms with Crippen LogP contribution in [-0.2, 0) is 6.54 Å². The van der Waals surface area contributed by atoms with Crippen molar-refractivity contribution in [3.63, 3.8) is 0 Å². The molecule has 0 radical (unpaired) electrons. The highest BCUT2D eigenvalue weighted by Gasteiger charge is 2.44. The molecule has 7 heteroatoms. The Balaban J connectivity index is 1.29. The average Bonchev–Trinajstić information content (AvgIpc) is 3.39. The molecule has 1 aliphatic heterocycles. The summed E-state index contributed by atoms with van der Waals surface area (Å²) in [7, 11) is 0. The topological polar surface area (TPSA) is 56.1 Å². The second kappa shape index (κ2) is 8.80. The van der Waals surface area contributed by atoms with Gasteiger partial charge < -0.3 is 9.30 Å². The predicted molar refractivity (Wildman–Crippen MR) is 128 cm³/mol. The van der Waals surface area contributed by atoms with Crippen LogP contribution in [0.3, 0.4) is 0 Å². The Labute approximate surface area is 198 Å². The van der Waals surface area contributed by atoms with E-state index in [0.29, 0.717) is 17.7 Å². The summed E-state index contributed by atoms with van der Waals surface area (Å²) in [5, 5.41) is 0. The van der Waals surface area contributed by atoms with Gasteiger partial charge in [0.25, 0.3) is 0 Å². The zero-order valence-corrected chi connectivity index (χ0v) is 19.2. The summed E-state index contributed by atoms with van der Waals surface area (Å²) < 4.78 is 22.2. The van der Waals surface area contributed by atoms with Crippen molar-refractivity contribution < 1.29 is 9.13 Å². The fraction of sp³-hybridized carbons (Fsp3) is 0.370. The van der Waals surface area contributed by atoms with Gasteiger partial charge in [0.05, 0.1) is 23.3 Å². The van der Waals surface area contributed by atoms with Crippen LogP contribution in [0.4, 0.5) is 4.39 Å². The molecule has 0 bridgehead atoms. The predicted octanol–water partition coefficient (Wildman–Crippen LogP) is 4.80. The van der Waals surface area contributed by atoms with Crippen LogP contribution in [0.5, 0.6) is 5.88 Å². The summed E-state index contributed by atoms with van der Waals surface area (Å²) in [6, 6.07) is 15.4. The van der Waals surface area contributed by atoms with Crippen molar-refractivity contribution in [1.29, 1.82) is 0 Å². The molecule has 34 heavy (non-hydrogen) atoms. The Kier molecular flexibility index (Phi) is 5.49. The number of aryl methyl sites for hydroxylation is 1. The minimum absolute atomic E-state index is 0.0139. The number of benzene rings is 2. The summed E-state index contributed by atoms with van der Waals surface area (Å²) in [4.78, 5) is 15.9. The lowest BCUT2D eigenvalue weighted by atomic mass is 9.77. The lowest BCUT2D eigenvalue weighted by molar-refractivity contribution is 0.0519. The normalized spacial score (nSPS) is 24.9. The molecule has 1 saturated carbocycles. The first-order chi connectivity index (χ1) is 16.6. The van der Waals surface area contributed by atoms with E-state index in [1.807, 2.05) is 18.2 Å². The quantitative estimate of drug-likeness (QED) is 0.431. The zero-order chi connectivity index (χ0) is 23.1. The third kappa shape index (κ3) is 4.05. The maximum absolute atomic E-state index is 13.3. The van der Waals surface area contributed by atoms with Crippen LogP contribution in [0.1, 0.15) is 30.3 Å². The van der Waals surface area contributed by atoms with E-state index in [1.54, 1.807) is 30.7 Å². The molecule has 2 aromatic carbocycles. The first-order valence-electron chi connectivity index (χ1n) is 12.0. The van der Waals surface area contributed by atoms with Gasteiger partial charge in [-0.15, -0.1) is 0 Å². The number of aromatic nitrogens is 4. The lowest BCUT2D eigenvalue weighted by Gasteiger charge is -2.39. The number of halogens is 1. The molecule has 4 aromatic rings. The molecule has 2 aromatic heterocycles. The summed E-state index contributed by atoms with van der Waals surface area (Å²) in [5.41, 5.74) is 3.32. The van der Waals surface area contributed by atoms with Crippen LogP contribution in [0.25, 0.3) is 11.0 Å². The maximum Gasteiger partial charge on any atom is 0.232 e. The summed E-state index contributed by atoms with van der Waals surface area (Å²) in [6.07, 6.45) is 7.00. The number of likely N-dealkylation sites (tertiary alicyclic amines) is 1. The smallest absolute Gasteiger partial charge is 0.232 e. The summed E-state index contributed by atoms with van der Waals surface area (Å²) in [6.45, 7) is 5.00. The number of imidazole rings is 1. The van der Waals surface area contributed by atoms with Gasteiger partial charge in [0.2, 0.25) is 5.88 Å². The van der Waals surface area contributed by atoms with Crippen molar-refractivity contribution in [1.82, 2.24) is 24.4 Å². The Bertz CT molecular complexity index is 1280. The van der Waals surface area contributed by atoms with Crippen LogP contribution >= 0.6 is 0 Å². The van der Waals surface area contributed by atoms with Crippen LogP contribution in [0.2, 0.25) is 0 Å². The van der Waals surface area contributed by atoms with E-state index in [-0.39, 0.29) is 18.0 Å². The second-order valence-electron chi connectivity index (χ2n) is 9.60. The largest absolute Gasteiger partial charge is 0.471 e. The molecule has 4 atom stereocenters. The first-order valence-corrected chi connectivity index (χ1v) is 12.0. The molecule has 1 aliphatic carbocycles. The molecule has 6 nitrogen and oxygen atoms in total. The lowest BCUT2D eigenvalue weighted by Crippen LogP contribution is -2.40. The van der Waals surface area contributed by atoms with Gasteiger partial charge in [-0.05, 0) is 61.4 Å². The van der Waals surface area contributed by atoms with E-state index < -0.39 is 0 Å². The van der Waals surface area contributed by atoms with Crippen molar-refractivity contribution in [2.24, 2.45) is 11.8 Å². The fourth-order valence-corrected chi connectivity index (χ4v) is 5.95. The van der Waals surface area contributed by atoms with E-state index in [9.17, 15) is 4.39 Å². The number of para-hydroxylation sites is 2. The molecule has 174 valence electrons. The van der Waals surface area contributed by atoms with Gasteiger partial charge in [-0.2, -0.15) is 0 Å². The molecular weight excluding hydrogens is 429 g/mol. The number of rotatable bonds is 5. The summed E-state index contributed by atoms with van der Waals surface area (Å²) >= 11 is 0. The van der Waals surface area contributed by atoms with E-state index in [2.05, 4.69) is 44.6 Å². The van der Waals surface area contributed by atoms with E-state index in [1.165, 1.54) is 0 Å². The number of hydrogen-bond donors (Lipinski definition) is 0. The van der Waals surface area contributed by atoms with Crippen LogP contribution in [-0.4, -0.2) is 43.6 Å². The number of ether oxygens (including phenoxy) is 1. The van der Waals surface area contributed by atoms with Crippen molar-refractivity contribution in [3.8, 4) is 5.88 Å². The monoisotopic (exact) mass is 457 g/mol. The third-order valence-corrected chi connectivity index (χ3v) is 7.40. The van der Waals surface area contributed by atoms with Crippen LogP contribution in [0.15, 0.2) is 67.1 Å². The van der Waals surface area contributed by atoms with Gasteiger partial charge in [0.15, 0.2) is 0 Å². The molecule has 0 spiro atoms. The SMILES string of the molecule is Cc1nc2ccccc2n1[C@H]1C[C@H]2CN(Cc3ccc(F)cc3)C[C@H]2C[C@@H]1Oc1cnccn1. The minimum Gasteiger partial charge on any atom is -0.471 e. The van der Waals surface area contributed by atoms with E-state index in [0.717, 1.165) is 54.9 Å². The van der Waals surface area contributed by atoms with Gasteiger partial charge >= 0.3 is 0 Å². The minimum atomic E-state index is -0.186. The van der Waals surface area contributed by atoms with E-state index in [4.69, 9.17) is 9.72 Å². The number of nitrogens with zero attached hydrogens (tertiary/aromatic N) is 5. The highest BCUT2D eigenvalue weighted by Crippen LogP contribution is 2.44. The highest BCUT2D eigenvalue weighted by atomic mass is 19.1. The molecule has 6 rings (SSSR count). The number of fused-ring (bicyclic) bond motifs is 2. The van der Waals surface area contributed by atoms with Crippen LogP contribution in [0, 0.1) is 24.6 Å². The average molecular weight is 458 g/mol. The molecule has 2 aliphatic rings. The van der Waals surface area contributed by atoms with Gasteiger partial charge in [0, 0.05) is 32.0 Å². The molecular formula is C27H28FN5O. The van der Waals surface area contributed by atoms with Gasteiger partial charge in [0.1, 0.15) is 17.7 Å². The maximum atomic E-state index is 13.3. The highest BCUT2D eigenvalue weighted by molar-refractivity contribution is 5.76. The first kappa shape index (κ1) is 21.2. The Morgan fingerprint density at radius 1 is 1.00 bits per heavy atom. The van der Waals surface area contributed by atoms with Crippen molar-refractivity contribution in [2.75, 3.05) is 13.1 Å². The molecule has 1 saturated heterocycles. The Hall–Kier alpha value is -3.32. The third-order valence-electron chi connectivity index (χ3n) is 7.40. The molecule has 0 unspecified atom stereocenters. The van der Waals surface area contributed by atoms with Crippen LogP contribution < -0.4 is 4.74 Å². The molecule has 0 N–H and O–H groups in total. The van der Waals surface area contributed by atoms with E-state index >= 15 is 0 Å². The van der Waals surface area contributed by atoms with Gasteiger partial charge in [-0.3, -0.25) is 9.88 Å². The second-order valence-corrected chi connectivity index (χ2v) is 9.60. The zero-order valence-electron chi connectivity index (χ0n) is 19.2. The van der Waals surface area contributed by atoms with Gasteiger partial charge in [-0.25, -0.2) is 14.4 Å². The van der Waals surface area contributed by atoms with Crippen molar-refractivity contribution in [3.05, 3.63) is 84.3 Å². The Morgan fingerprint density at radius 3 is 2.59 bits per heavy atom. The molecule has 3 heterocycles. The summed E-state index contributed by atoms with van der Waals surface area (Å²) in [5.74, 6) is 2.52. The Morgan fingerprint density at radius 2 is 1.79 bits per heavy atom. The molecule has 2 fully saturated rings. The molecule has 0 amide bonds.